The lowest BCUT2D eigenvalue weighted by molar-refractivity contribution is 0.748. The molecule has 0 spiro atoms. The molecule has 2 aromatic rings. The van der Waals surface area contributed by atoms with Gasteiger partial charge in [-0.1, -0.05) is 60.7 Å². The third-order valence-electron chi connectivity index (χ3n) is 4.86. The zero-order valence-electron chi connectivity index (χ0n) is 13.0. The molecule has 0 radical (unpaired) electrons. The minimum absolute atomic E-state index is 0.459. The highest BCUT2D eigenvalue weighted by Crippen LogP contribution is 2.36. The van der Waals surface area contributed by atoms with Crippen molar-refractivity contribution < 1.29 is 0 Å². The van der Waals surface area contributed by atoms with Crippen LogP contribution in [0.4, 0.5) is 5.69 Å². The van der Waals surface area contributed by atoms with Crippen molar-refractivity contribution in [2.45, 2.75) is 25.3 Å². The predicted molar refractivity (Wildman–Crippen MR) is 96.4 cm³/mol. The van der Waals surface area contributed by atoms with Gasteiger partial charge in [0.15, 0.2) is 0 Å². The topological polar surface area (TPSA) is 3.24 Å². The summed E-state index contributed by atoms with van der Waals surface area (Å²) >= 11 is 0. The summed E-state index contributed by atoms with van der Waals surface area (Å²) in [7, 11) is 2.23. The minimum atomic E-state index is 0.459. The maximum Gasteiger partial charge on any atom is 0.0507 e. The zero-order valence-corrected chi connectivity index (χ0v) is 13.0. The van der Waals surface area contributed by atoms with Crippen LogP contribution in [0.1, 0.15) is 24.0 Å². The molecule has 0 bridgehead atoms. The van der Waals surface area contributed by atoms with E-state index in [1.807, 2.05) is 0 Å². The van der Waals surface area contributed by atoms with Crippen molar-refractivity contribution in [3.63, 3.8) is 0 Å². The van der Waals surface area contributed by atoms with Crippen molar-refractivity contribution in [1.29, 1.82) is 0 Å². The Bertz CT molecular complexity index is 795. The van der Waals surface area contributed by atoms with Crippen molar-refractivity contribution in [2.75, 3.05) is 11.9 Å². The Balaban J connectivity index is 1.88. The second-order valence-corrected chi connectivity index (χ2v) is 6.18. The summed E-state index contributed by atoms with van der Waals surface area (Å²) in [5.74, 6) is 0. The molecule has 0 saturated heterocycles. The average molecular weight is 287 g/mol. The lowest BCUT2D eigenvalue weighted by Crippen LogP contribution is -2.31. The number of fused-ring (bicyclic) bond motifs is 3. The molecule has 0 N–H and O–H groups in total. The lowest BCUT2D eigenvalue weighted by atomic mass is 9.89. The van der Waals surface area contributed by atoms with Crippen molar-refractivity contribution in [2.24, 2.45) is 0 Å². The summed E-state index contributed by atoms with van der Waals surface area (Å²) in [6.07, 6.45) is 16.9. The van der Waals surface area contributed by atoms with Crippen LogP contribution in [0.5, 0.6) is 0 Å². The van der Waals surface area contributed by atoms with Crippen LogP contribution in [0.2, 0.25) is 0 Å². The van der Waals surface area contributed by atoms with Gasteiger partial charge in [0.2, 0.25) is 0 Å². The smallest absolute Gasteiger partial charge is 0.0507 e. The summed E-state index contributed by atoms with van der Waals surface area (Å²) in [5.41, 5.74) is 4.32. The van der Waals surface area contributed by atoms with Crippen LogP contribution in [-0.2, 0) is 6.42 Å². The van der Waals surface area contributed by atoms with Crippen LogP contribution in [0.25, 0.3) is 16.8 Å². The fraction of sp³-hybridized carbons (Fsp3) is 0.238. The van der Waals surface area contributed by atoms with E-state index in [0.717, 1.165) is 19.3 Å². The van der Waals surface area contributed by atoms with E-state index in [2.05, 4.69) is 78.7 Å². The Hall–Kier alpha value is -2.28. The summed E-state index contributed by atoms with van der Waals surface area (Å²) in [6, 6.07) is 11.6. The molecule has 22 heavy (non-hydrogen) atoms. The third kappa shape index (κ3) is 2.18. The second kappa shape index (κ2) is 5.49. The average Bonchev–Trinajstić information content (AvgIpc) is 2.61. The molecule has 1 nitrogen and oxygen atoms in total. The van der Waals surface area contributed by atoms with Gasteiger partial charge in [0, 0.05) is 12.7 Å². The van der Waals surface area contributed by atoms with Gasteiger partial charge in [-0.3, -0.25) is 0 Å². The maximum absolute atomic E-state index is 2.45. The van der Waals surface area contributed by atoms with E-state index in [1.54, 1.807) is 0 Å². The molecule has 110 valence electrons. The predicted octanol–water partition coefficient (Wildman–Crippen LogP) is 5.12. The van der Waals surface area contributed by atoms with Crippen molar-refractivity contribution in [3.05, 3.63) is 71.8 Å². The van der Waals surface area contributed by atoms with Crippen molar-refractivity contribution in [3.8, 4) is 0 Å². The fourth-order valence-corrected chi connectivity index (χ4v) is 3.63. The first-order chi connectivity index (χ1) is 10.8. The van der Waals surface area contributed by atoms with Crippen LogP contribution in [0.15, 0.2) is 60.7 Å². The van der Waals surface area contributed by atoms with E-state index in [4.69, 9.17) is 0 Å². The highest BCUT2D eigenvalue weighted by molar-refractivity contribution is 5.96. The van der Waals surface area contributed by atoms with Crippen LogP contribution in [0.3, 0.4) is 0 Å². The van der Waals surface area contributed by atoms with E-state index in [9.17, 15) is 0 Å². The number of rotatable bonds is 2. The Labute approximate surface area is 132 Å². The zero-order chi connectivity index (χ0) is 14.9. The molecule has 0 aliphatic heterocycles. The quantitative estimate of drug-likeness (QED) is 0.741. The highest BCUT2D eigenvalue weighted by Gasteiger charge is 2.20. The van der Waals surface area contributed by atoms with Gasteiger partial charge in [-0.25, -0.2) is 0 Å². The van der Waals surface area contributed by atoms with E-state index < -0.39 is 0 Å². The number of nitrogens with zero attached hydrogens (tertiary/aromatic N) is 1. The largest absolute Gasteiger partial charge is 0.368 e. The molecule has 0 heterocycles. The van der Waals surface area contributed by atoms with Crippen LogP contribution in [-0.4, -0.2) is 13.1 Å². The van der Waals surface area contributed by atoms with Gasteiger partial charge < -0.3 is 4.90 Å². The number of allylic oxidation sites excluding steroid dienone is 3. The standard InChI is InChI=1S/C21H21N/c1-22(17-10-3-2-4-11-17)21-15-16-9-5-6-12-18(16)19-13-7-8-14-20(19)21/h2-7,9-10,12-13,15,17H,8,11,14H2,1H3. The number of hydrogen-bond acceptors (Lipinski definition) is 1. The Morgan fingerprint density at radius 1 is 1.09 bits per heavy atom. The fourth-order valence-electron chi connectivity index (χ4n) is 3.63. The molecule has 1 heteroatoms. The lowest BCUT2D eigenvalue weighted by Gasteiger charge is -2.32. The molecule has 2 aromatic carbocycles. The molecule has 2 aliphatic carbocycles. The SMILES string of the molecule is CN(c1cc2ccccc2c2c1CCC=C2)C1C=CC=CC1. The van der Waals surface area contributed by atoms with Gasteiger partial charge in [-0.05, 0) is 47.2 Å². The van der Waals surface area contributed by atoms with Crippen LogP contribution in [0, 0.1) is 0 Å². The Morgan fingerprint density at radius 3 is 2.86 bits per heavy atom. The molecule has 2 aliphatic rings. The summed E-state index contributed by atoms with van der Waals surface area (Å²) in [4.78, 5) is 2.45. The maximum atomic E-state index is 2.45. The first-order valence-electron chi connectivity index (χ1n) is 8.12. The van der Waals surface area contributed by atoms with Gasteiger partial charge in [-0.2, -0.15) is 0 Å². The van der Waals surface area contributed by atoms with Gasteiger partial charge >= 0.3 is 0 Å². The normalized spacial score (nSPS) is 19.4. The molecule has 0 fully saturated rings. The number of benzene rings is 2. The Kier molecular flexibility index (Phi) is 3.34. The molecule has 4 rings (SSSR count). The van der Waals surface area contributed by atoms with E-state index in [0.29, 0.717) is 6.04 Å². The highest BCUT2D eigenvalue weighted by atomic mass is 15.1. The van der Waals surface area contributed by atoms with Gasteiger partial charge in [0.25, 0.3) is 0 Å². The Morgan fingerprint density at radius 2 is 2.00 bits per heavy atom. The van der Waals surface area contributed by atoms with Gasteiger partial charge in [0.05, 0.1) is 6.04 Å². The van der Waals surface area contributed by atoms with Crippen molar-refractivity contribution >= 4 is 22.5 Å². The molecule has 0 aromatic heterocycles. The van der Waals surface area contributed by atoms with E-state index in [-0.39, 0.29) is 0 Å². The summed E-state index contributed by atoms with van der Waals surface area (Å²) in [6.45, 7) is 0. The molecular formula is C21H21N. The number of anilines is 1. The molecular weight excluding hydrogens is 266 g/mol. The van der Waals surface area contributed by atoms with Gasteiger partial charge in [-0.15, -0.1) is 0 Å². The van der Waals surface area contributed by atoms with E-state index >= 15 is 0 Å². The molecule has 0 amide bonds. The second-order valence-electron chi connectivity index (χ2n) is 6.18. The first-order valence-corrected chi connectivity index (χ1v) is 8.12. The van der Waals surface area contributed by atoms with Gasteiger partial charge in [0.1, 0.15) is 0 Å². The monoisotopic (exact) mass is 287 g/mol. The van der Waals surface area contributed by atoms with E-state index in [1.165, 1.54) is 27.6 Å². The third-order valence-corrected chi connectivity index (χ3v) is 4.86. The molecule has 1 unspecified atom stereocenters. The first kappa shape index (κ1) is 13.4. The summed E-state index contributed by atoms with van der Waals surface area (Å²) in [5, 5.41) is 2.72. The minimum Gasteiger partial charge on any atom is -0.368 e. The number of likely N-dealkylation sites (N-methyl/N-ethyl adjacent to an activating group) is 1. The van der Waals surface area contributed by atoms with Crippen LogP contribution < -0.4 is 4.90 Å². The molecule has 0 saturated carbocycles. The number of hydrogen-bond donors (Lipinski definition) is 0. The van der Waals surface area contributed by atoms with Crippen LogP contribution >= 0.6 is 0 Å². The molecule has 1 atom stereocenters. The summed E-state index contributed by atoms with van der Waals surface area (Å²) < 4.78 is 0. The van der Waals surface area contributed by atoms with Crippen molar-refractivity contribution in [1.82, 2.24) is 0 Å².